The van der Waals surface area contributed by atoms with Crippen LogP contribution in [-0.4, -0.2) is 31.7 Å². The maximum Gasteiger partial charge on any atom is 0.238 e. The fourth-order valence-corrected chi connectivity index (χ4v) is 2.88. The number of methoxy groups -OCH3 is 2. The number of carbonyl (C=O) groups excluding carboxylic acids is 1. The summed E-state index contributed by atoms with van der Waals surface area (Å²) in [6.07, 6.45) is 1.75. The molecule has 1 aromatic heterocycles. The van der Waals surface area contributed by atoms with Gasteiger partial charge < -0.3 is 14.8 Å². The monoisotopic (exact) mass is 377 g/mol. The first-order valence-electron chi connectivity index (χ1n) is 8.92. The minimum Gasteiger partial charge on any atom is -0.497 e. The van der Waals surface area contributed by atoms with E-state index in [-0.39, 0.29) is 18.5 Å². The first kappa shape index (κ1) is 19.4. The van der Waals surface area contributed by atoms with Crippen molar-refractivity contribution in [2.24, 2.45) is 0 Å². The summed E-state index contributed by atoms with van der Waals surface area (Å²) in [5, 5.41) is 6.16. The summed E-state index contributed by atoms with van der Waals surface area (Å²) in [7, 11) is 3.13. The van der Waals surface area contributed by atoms with Gasteiger partial charge in [-0.05, 0) is 29.8 Å². The van der Waals surface area contributed by atoms with E-state index in [1.165, 1.54) is 0 Å². The number of nitrogens with zero attached hydrogens (tertiary/aromatic N) is 1. The molecule has 0 radical (unpaired) electrons. The van der Waals surface area contributed by atoms with E-state index in [0.717, 1.165) is 11.3 Å². The predicted molar refractivity (Wildman–Crippen MR) is 109 cm³/mol. The number of amides is 1. The fraction of sp³-hybridized carbons (Fsp3) is 0.182. The van der Waals surface area contributed by atoms with Crippen molar-refractivity contribution in [3.63, 3.8) is 0 Å². The summed E-state index contributed by atoms with van der Waals surface area (Å²) in [4.78, 5) is 17.0. The number of nitrogens with one attached hydrogen (secondary N) is 2. The van der Waals surface area contributed by atoms with E-state index >= 15 is 0 Å². The van der Waals surface area contributed by atoms with Crippen molar-refractivity contribution in [2.75, 3.05) is 26.1 Å². The van der Waals surface area contributed by atoms with Crippen molar-refractivity contribution in [3.05, 3.63) is 84.2 Å². The van der Waals surface area contributed by atoms with Crippen molar-refractivity contribution in [2.45, 2.75) is 6.04 Å². The molecule has 2 aromatic carbocycles. The van der Waals surface area contributed by atoms with Crippen LogP contribution in [0.5, 0.6) is 11.5 Å². The van der Waals surface area contributed by atoms with Crippen LogP contribution < -0.4 is 20.1 Å². The van der Waals surface area contributed by atoms with Crippen LogP contribution in [0.1, 0.15) is 17.3 Å². The third-order valence-corrected chi connectivity index (χ3v) is 4.27. The topological polar surface area (TPSA) is 72.5 Å². The number of aromatic nitrogens is 1. The summed E-state index contributed by atoms with van der Waals surface area (Å²) in [6, 6.07) is 20.7. The maximum atomic E-state index is 12.5. The van der Waals surface area contributed by atoms with Crippen LogP contribution in [0, 0.1) is 0 Å². The van der Waals surface area contributed by atoms with Gasteiger partial charge in [0, 0.05) is 12.3 Å². The van der Waals surface area contributed by atoms with Crippen molar-refractivity contribution >= 4 is 11.6 Å². The van der Waals surface area contributed by atoms with Gasteiger partial charge >= 0.3 is 0 Å². The van der Waals surface area contributed by atoms with Gasteiger partial charge in [0.1, 0.15) is 11.5 Å². The third kappa shape index (κ3) is 4.86. The summed E-state index contributed by atoms with van der Waals surface area (Å²) in [6.45, 7) is 0.116. The molecule has 6 heteroatoms. The predicted octanol–water partition coefficient (Wildman–Crippen LogP) is 3.42. The van der Waals surface area contributed by atoms with Gasteiger partial charge in [-0.3, -0.25) is 15.1 Å². The van der Waals surface area contributed by atoms with Crippen LogP contribution >= 0.6 is 0 Å². The van der Waals surface area contributed by atoms with E-state index in [2.05, 4.69) is 15.6 Å². The Kier molecular flexibility index (Phi) is 6.59. The fourth-order valence-electron chi connectivity index (χ4n) is 2.88. The Bertz CT molecular complexity index is 862. The first-order chi connectivity index (χ1) is 13.7. The Morgan fingerprint density at radius 2 is 1.79 bits per heavy atom. The lowest BCUT2D eigenvalue weighted by Gasteiger charge is -2.19. The number of rotatable bonds is 8. The average Bonchev–Trinajstić information content (AvgIpc) is 2.75. The molecule has 0 aliphatic rings. The van der Waals surface area contributed by atoms with Gasteiger partial charge in [-0.25, -0.2) is 0 Å². The summed E-state index contributed by atoms with van der Waals surface area (Å²) < 4.78 is 10.5. The van der Waals surface area contributed by atoms with Gasteiger partial charge in [0.25, 0.3) is 0 Å². The molecular formula is C22H23N3O3. The van der Waals surface area contributed by atoms with E-state index in [9.17, 15) is 4.79 Å². The zero-order valence-electron chi connectivity index (χ0n) is 15.9. The van der Waals surface area contributed by atoms with Crippen LogP contribution in [0.15, 0.2) is 72.9 Å². The number of anilines is 1. The lowest BCUT2D eigenvalue weighted by atomic mass is 10.0. The van der Waals surface area contributed by atoms with Gasteiger partial charge in [-0.2, -0.15) is 0 Å². The Hall–Kier alpha value is -3.38. The smallest absolute Gasteiger partial charge is 0.238 e. The lowest BCUT2D eigenvalue weighted by molar-refractivity contribution is -0.115. The number of ether oxygens (including phenoxy) is 2. The molecular weight excluding hydrogens is 354 g/mol. The molecule has 0 saturated heterocycles. The number of carbonyl (C=O) groups is 1. The molecule has 1 atom stereocenters. The largest absolute Gasteiger partial charge is 0.497 e. The molecule has 2 N–H and O–H groups in total. The number of benzene rings is 2. The number of pyridine rings is 1. The van der Waals surface area contributed by atoms with Crippen molar-refractivity contribution in [3.8, 4) is 11.5 Å². The molecule has 0 aliphatic heterocycles. The minimum absolute atomic E-state index is 0.116. The molecule has 6 nitrogen and oxygen atoms in total. The van der Waals surface area contributed by atoms with Crippen LogP contribution in [0.25, 0.3) is 0 Å². The molecule has 0 spiro atoms. The minimum atomic E-state index is -0.189. The second kappa shape index (κ2) is 9.53. The van der Waals surface area contributed by atoms with E-state index in [1.807, 2.05) is 48.5 Å². The normalized spacial score (nSPS) is 11.5. The van der Waals surface area contributed by atoms with Crippen molar-refractivity contribution in [1.29, 1.82) is 0 Å². The van der Waals surface area contributed by atoms with Crippen LogP contribution in [0.3, 0.4) is 0 Å². The standard InChI is InChI=1S/C22H23N3O3/c1-27-17-11-12-18(20(14-17)28-2)25-21(26)15-24-22(16-8-4-3-5-9-16)19-10-6-7-13-23-19/h3-14,22,24H,15H2,1-2H3,(H,25,26). The Labute approximate surface area is 164 Å². The molecule has 0 aliphatic carbocycles. The maximum absolute atomic E-state index is 12.5. The van der Waals surface area contributed by atoms with Gasteiger partial charge in [-0.1, -0.05) is 36.4 Å². The van der Waals surface area contributed by atoms with Gasteiger partial charge in [-0.15, -0.1) is 0 Å². The van der Waals surface area contributed by atoms with E-state index in [4.69, 9.17) is 9.47 Å². The molecule has 1 heterocycles. The lowest BCUT2D eigenvalue weighted by Crippen LogP contribution is -2.32. The highest BCUT2D eigenvalue weighted by atomic mass is 16.5. The zero-order valence-corrected chi connectivity index (χ0v) is 15.9. The van der Waals surface area contributed by atoms with Gasteiger partial charge in [0.15, 0.2) is 0 Å². The van der Waals surface area contributed by atoms with E-state index in [1.54, 1.807) is 38.6 Å². The molecule has 3 aromatic rings. The Morgan fingerprint density at radius 3 is 2.46 bits per heavy atom. The highest BCUT2D eigenvalue weighted by Gasteiger charge is 2.16. The van der Waals surface area contributed by atoms with Crippen LogP contribution in [0.4, 0.5) is 5.69 Å². The summed E-state index contributed by atoms with van der Waals surface area (Å²) in [5.41, 5.74) is 2.48. The molecule has 0 bridgehead atoms. The second-order valence-corrected chi connectivity index (χ2v) is 6.09. The zero-order chi connectivity index (χ0) is 19.8. The molecule has 144 valence electrons. The first-order valence-corrected chi connectivity index (χ1v) is 8.92. The number of hydrogen-bond donors (Lipinski definition) is 2. The van der Waals surface area contributed by atoms with E-state index in [0.29, 0.717) is 17.2 Å². The molecule has 3 rings (SSSR count). The average molecular weight is 377 g/mol. The van der Waals surface area contributed by atoms with Crippen molar-refractivity contribution < 1.29 is 14.3 Å². The van der Waals surface area contributed by atoms with Crippen LogP contribution in [-0.2, 0) is 4.79 Å². The van der Waals surface area contributed by atoms with Crippen LogP contribution in [0.2, 0.25) is 0 Å². The summed E-state index contributed by atoms with van der Waals surface area (Å²) >= 11 is 0. The van der Waals surface area contributed by atoms with Gasteiger partial charge in [0.2, 0.25) is 5.91 Å². The van der Waals surface area contributed by atoms with Crippen molar-refractivity contribution in [1.82, 2.24) is 10.3 Å². The molecule has 28 heavy (non-hydrogen) atoms. The molecule has 0 saturated carbocycles. The highest BCUT2D eigenvalue weighted by Crippen LogP contribution is 2.29. The summed E-state index contributed by atoms with van der Waals surface area (Å²) in [5.74, 6) is 1.02. The molecule has 1 amide bonds. The number of hydrogen-bond acceptors (Lipinski definition) is 5. The van der Waals surface area contributed by atoms with E-state index < -0.39 is 0 Å². The quantitative estimate of drug-likeness (QED) is 0.629. The Morgan fingerprint density at radius 1 is 1.00 bits per heavy atom. The molecule has 1 unspecified atom stereocenters. The highest BCUT2D eigenvalue weighted by molar-refractivity contribution is 5.93. The molecule has 0 fully saturated rings. The Balaban J connectivity index is 1.71. The second-order valence-electron chi connectivity index (χ2n) is 6.09. The SMILES string of the molecule is COc1ccc(NC(=O)CNC(c2ccccc2)c2ccccn2)c(OC)c1. The third-order valence-electron chi connectivity index (χ3n) is 4.27. The van der Waals surface area contributed by atoms with Gasteiger partial charge in [0.05, 0.1) is 38.2 Å².